The predicted molar refractivity (Wildman–Crippen MR) is 75.3 cm³/mol. The molecule has 2 aromatic rings. The summed E-state index contributed by atoms with van der Waals surface area (Å²) in [4.78, 5) is 8.42. The molecular weight excluding hydrogens is 238 g/mol. The van der Waals surface area contributed by atoms with E-state index in [9.17, 15) is 0 Å². The molecule has 0 radical (unpaired) electrons. The monoisotopic (exact) mass is 257 g/mol. The summed E-state index contributed by atoms with van der Waals surface area (Å²) in [7, 11) is 0. The Morgan fingerprint density at radius 2 is 2.05 bits per heavy atom. The molecule has 0 fully saturated rings. The molecule has 0 aliphatic rings. The van der Waals surface area contributed by atoms with Crippen LogP contribution in [0.15, 0.2) is 42.9 Å². The average Bonchev–Trinajstić information content (AvgIpc) is 2.46. The molecule has 0 bridgehead atoms. The molecule has 2 heterocycles. The van der Waals surface area contributed by atoms with Crippen molar-refractivity contribution < 1.29 is 4.74 Å². The van der Waals surface area contributed by atoms with E-state index in [0.29, 0.717) is 5.75 Å². The average molecular weight is 257 g/mol. The number of rotatable bonds is 6. The fourth-order valence-electron chi connectivity index (χ4n) is 1.72. The molecule has 100 valence electrons. The standard InChI is InChI=1S/C15H19N3O/c1-3-8-17-12(2)15-7-6-14(11-18-15)19-13-5-4-9-16-10-13/h4-7,9-12,17H,3,8H2,1-2H3. The normalized spacial score (nSPS) is 12.1. The highest BCUT2D eigenvalue weighted by Gasteiger charge is 2.06. The van der Waals surface area contributed by atoms with Crippen LogP contribution < -0.4 is 10.1 Å². The minimum Gasteiger partial charge on any atom is -0.454 e. The minimum absolute atomic E-state index is 0.257. The molecular formula is C15H19N3O. The van der Waals surface area contributed by atoms with Crippen molar-refractivity contribution in [3.05, 3.63) is 48.5 Å². The SMILES string of the molecule is CCCNC(C)c1ccc(Oc2cccnc2)cn1. The molecule has 2 aromatic heterocycles. The zero-order chi connectivity index (χ0) is 13.5. The second-order valence-corrected chi connectivity index (χ2v) is 4.39. The second kappa shape index (κ2) is 6.85. The fourth-order valence-corrected chi connectivity index (χ4v) is 1.72. The molecule has 0 aliphatic carbocycles. The topological polar surface area (TPSA) is 47.0 Å². The van der Waals surface area contributed by atoms with Crippen LogP contribution in [0.25, 0.3) is 0 Å². The van der Waals surface area contributed by atoms with Crippen molar-refractivity contribution in [1.82, 2.24) is 15.3 Å². The first-order chi connectivity index (χ1) is 9.29. The highest BCUT2D eigenvalue weighted by molar-refractivity contribution is 5.28. The summed E-state index contributed by atoms with van der Waals surface area (Å²) >= 11 is 0. The first kappa shape index (κ1) is 13.5. The smallest absolute Gasteiger partial charge is 0.145 e. The van der Waals surface area contributed by atoms with Gasteiger partial charge in [0.2, 0.25) is 0 Å². The van der Waals surface area contributed by atoms with Crippen molar-refractivity contribution >= 4 is 0 Å². The lowest BCUT2D eigenvalue weighted by Gasteiger charge is -2.13. The van der Waals surface area contributed by atoms with Crippen molar-refractivity contribution in [2.75, 3.05) is 6.54 Å². The zero-order valence-electron chi connectivity index (χ0n) is 11.3. The van der Waals surface area contributed by atoms with Gasteiger partial charge in [0.05, 0.1) is 18.1 Å². The summed E-state index contributed by atoms with van der Waals surface area (Å²) < 4.78 is 5.65. The molecule has 0 spiro atoms. The maximum absolute atomic E-state index is 5.65. The van der Waals surface area contributed by atoms with Crippen molar-refractivity contribution in [1.29, 1.82) is 0 Å². The number of aromatic nitrogens is 2. The molecule has 4 nitrogen and oxygen atoms in total. The van der Waals surface area contributed by atoms with Crippen LogP contribution in [0.1, 0.15) is 32.0 Å². The predicted octanol–water partition coefficient (Wildman–Crippen LogP) is 3.33. The van der Waals surface area contributed by atoms with Crippen LogP contribution in [0.2, 0.25) is 0 Å². The Balaban J connectivity index is 1.98. The quantitative estimate of drug-likeness (QED) is 0.862. The van der Waals surface area contributed by atoms with E-state index in [-0.39, 0.29) is 6.04 Å². The maximum Gasteiger partial charge on any atom is 0.145 e. The number of pyridine rings is 2. The number of nitrogens with zero attached hydrogens (tertiary/aromatic N) is 2. The van der Waals surface area contributed by atoms with Gasteiger partial charge in [0.25, 0.3) is 0 Å². The zero-order valence-corrected chi connectivity index (χ0v) is 11.3. The molecule has 1 N–H and O–H groups in total. The van der Waals surface area contributed by atoms with Gasteiger partial charge >= 0.3 is 0 Å². The van der Waals surface area contributed by atoms with Crippen LogP contribution in [-0.4, -0.2) is 16.5 Å². The van der Waals surface area contributed by atoms with Gasteiger partial charge in [-0.15, -0.1) is 0 Å². The molecule has 0 amide bonds. The molecule has 0 saturated heterocycles. The van der Waals surface area contributed by atoms with Gasteiger partial charge in [-0.2, -0.15) is 0 Å². The number of ether oxygens (including phenoxy) is 1. The molecule has 1 atom stereocenters. The number of hydrogen-bond acceptors (Lipinski definition) is 4. The summed E-state index contributed by atoms with van der Waals surface area (Å²) in [6.45, 7) is 5.26. The molecule has 4 heteroatoms. The van der Waals surface area contributed by atoms with E-state index in [4.69, 9.17) is 4.74 Å². The summed E-state index contributed by atoms with van der Waals surface area (Å²) in [6, 6.07) is 7.88. The Morgan fingerprint density at radius 1 is 1.21 bits per heavy atom. The van der Waals surface area contributed by atoms with Gasteiger partial charge in [-0.1, -0.05) is 6.92 Å². The van der Waals surface area contributed by atoms with Gasteiger partial charge in [-0.3, -0.25) is 9.97 Å². The van der Waals surface area contributed by atoms with E-state index in [1.54, 1.807) is 18.6 Å². The van der Waals surface area contributed by atoms with Gasteiger partial charge in [0.15, 0.2) is 0 Å². The first-order valence-corrected chi connectivity index (χ1v) is 6.57. The Hall–Kier alpha value is -1.94. The van der Waals surface area contributed by atoms with E-state index in [2.05, 4.69) is 29.1 Å². The van der Waals surface area contributed by atoms with Crippen LogP contribution in [0, 0.1) is 0 Å². The van der Waals surface area contributed by atoms with E-state index in [1.165, 1.54) is 0 Å². The van der Waals surface area contributed by atoms with Gasteiger partial charge < -0.3 is 10.1 Å². The summed E-state index contributed by atoms with van der Waals surface area (Å²) in [5, 5.41) is 3.40. The summed E-state index contributed by atoms with van der Waals surface area (Å²) in [6.07, 6.45) is 6.26. The molecule has 0 aliphatic heterocycles. The highest BCUT2D eigenvalue weighted by Crippen LogP contribution is 2.20. The third-order valence-electron chi connectivity index (χ3n) is 2.77. The Labute approximate surface area is 113 Å². The third kappa shape index (κ3) is 4.03. The van der Waals surface area contributed by atoms with Gasteiger partial charge in [0.1, 0.15) is 11.5 Å². The maximum atomic E-state index is 5.65. The lowest BCUT2D eigenvalue weighted by molar-refractivity contribution is 0.475. The molecule has 0 saturated carbocycles. The summed E-state index contributed by atoms with van der Waals surface area (Å²) in [5.74, 6) is 1.44. The van der Waals surface area contributed by atoms with Crippen molar-refractivity contribution in [3.8, 4) is 11.5 Å². The minimum atomic E-state index is 0.257. The van der Waals surface area contributed by atoms with Crippen LogP contribution in [-0.2, 0) is 0 Å². The van der Waals surface area contributed by atoms with Gasteiger partial charge in [-0.25, -0.2) is 0 Å². The third-order valence-corrected chi connectivity index (χ3v) is 2.77. The van der Waals surface area contributed by atoms with Crippen LogP contribution in [0.4, 0.5) is 0 Å². The second-order valence-electron chi connectivity index (χ2n) is 4.39. The highest BCUT2D eigenvalue weighted by atomic mass is 16.5. The molecule has 19 heavy (non-hydrogen) atoms. The van der Waals surface area contributed by atoms with Crippen LogP contribution in [0.3, 0.4) is 0 Å². The van der Waals surface area contributed by atoms with E-state index in [1.807, 2.05) is 24.3 Å². The Bertz CT molecular complexity index is 485. The molecule has 2 rings (SSSR count). The van der Waals surface area contributed by atoms with E-state index < -0.39 is 0 Å². The van der Waals surface area contributed by atoms with Crippen LogP contribution in [0.5, 0.6) is 11.5 Å². The van der Waals surface area contributed by atoms with E-state index >= 15 is 0 Å². The largest absolute Gasteiger partial charge is 0.454 e. The summed E-state index contributed by atoms with van der Waals surface area (Å²) in [5.41, 5.74) is 1.02. The Morgan fingerprint density at radius 3 is 2.68 bits per heavy atom. The molecule has 1 unspecified atom stereocenters. The first-order valence-electron chi connectivity index (χ1n) is 6.57. The van der Waals surface area contributed by atoms with Gasteiger partial charge in [-0.05, 0) is 44.2 Å². The Kier molecular flexibility index (Phi) is 4.86. The van der Waals surface area contributed by atoms with Crippen molar-refractivity contribution in [2.45, 2.75) is 26.3 Å². The lowest BCUT2D eigenvalue weighted by Crippen LogP contribution is -2.20. The number of hydrogen-bond donors (Lipinski definition) is 1. The van der Waals surface area contributed by atoms with Crippen LogP contribution >= 0.6 is 0 Å². The fraction of sp³-hybridized carbons (Fsp3) is 0.333. The van der Waals surface area contributed by atoms with Crippen molar-refractivity contribution in [3.63, 3.8) is 0 Å². The number of nitrogens with one attached hydrogen (secondary N) is 1. The lowest BCUT2D eigenvalue weighted by atomic mass is 10.2. The van der Waals surface area contributed by atoms with Gasteiger partial charge in [0, 0.05) is 12.2 Å². The molecule has 0 aromatic carbocycles. The van der Waals surface area contributed by atoms with E-state index in [0.717, 1.165) is 24.4 Å². The van der Waals surface area contributed by atoms with Crippen molar-refractivity contribution in [2.24, 2.45) is 0 Å².